The monoisotopic (exact) mass is 306 g/mol. The predicted molar refractivity (Wildman–Crippen MR) is 88.6 cm³/mol. The first-order valence-corrected chi connectivity index (χ1v) is 7.68. The van der Waals surface area contributed by atoms with Crippen molar-refractivity contribution in [1.82, 2.24) is 9.97 Å². The third kappa shape index (κ3) is 2.83. The smallest absolute Gasteiger partial charge is 0.107 e. The molecule has 0 saturated heterocycles. The molecule has 0 radical (unpaired) electrons. The molecule has 5 heteroatoms. The number of pyridine rings is 2. The Morgan fingerprint density at radius 1 is 1.09 bits per heavy atom. The van der Waals surface area contributed by atoms with Crippen molar-refractivity contribution >= 4 is 16.3 Å². The number of aromatic nitrogens is 2. The van der Waals surface area contributed by atoms with Crippen molar-refractivity contribution in [3.8, 4) is 16.5 Å². The molecule has 3 rings (SSSR count). The normalized spacial score (nSPS) is 10.2. The largest absolute Gasteiger partial charge is 0.372 e. The van der Waals surface area contributed by atoms with Gasteiger partial charge in [-0.1, -0.05) is 0 Å². The number of nitrogens with one attached hydrogen (secondary N) is 1. The van der Waals surface area contributed by atoms with E-state index in [1.807, 2.05) is 31.2 Å². The van der Waals surface area contributed by atoms with Crippen molar-refractivity contribution < 1.29 is 0 Å². The third-order valence-electron chi connectivity index (χ3n) is 3.40. The summed E-state index contributed by atoms with van der Waals surface area (Å²) in [6.45, 7) is 2.66. The van der Waals surface area contributed by atoms with Crippen molar-refractivity contribution in [1.29, 1.82) is 5.26 Å². The second-order valence-electron chi connectivity index (χ2n) is 4.82. The van der Waals surface area contributed by atoms with E-state index in [0.29, 0.717) is 12.1 Å². The van der Waals surface area contributed by atoms with E-state index in [4.69, 9.17) is 0 Å². The average molecular weight is 306 g/mol. The van der Waals surface area contributed by atoms with E-state index in [2.05, 4.69) is 21.4 Å². The Labute approximate surface area is 133 Å². The summed E-state index contributed by atoms with van der Waals surface area (Å²) in [5, 5.41) is 13.7. The molecule has 0 aliphatic heterocycles. The summed E-state index contributed by atoms with van der Waals surface area (Å²) in [5.74, 6) is 0. The minimum absolute atomic E-state index is 0.674. The maximum Gasteiger partial charge on any atom is 0.107 e. The van der Waals surface area contributed by atoms with Gasteiger partial charge in [0.1, 0.15) is 11.1 Å². The molecule has 0 aliphatic rings. The lowest BCUT2D eigenvalue weighted by molar-refractivity contribution is 1.13. The van der Waals surface area contributed by atoms with Crippen LogP contribution in [0.1, 0.15) is 16.7 Å². The zero-order valence-corrected chi connectivity index (χ0v) is 12.9. The topological polar surface area (TPSA) is 61.6 Å². The molecule has 0 saturated carbocycles. The second-order valence-corrected chi connectivity index (χ2v) is 5.84. The molecule has 1 N–H and O–H groups in total. The van der Waals surface area contributed by atoms with E-state index in [-0.39, 0.29) is 0 Å². The van der Waals surface area contributed by atoms with Crippen LogP contribution in [0.2, 0.25) is 0 Å². The van der Waals surface area contributed by atoms with Gasteiger partial charge in [0.25, 0.3) is 0 Å². The van der Waals surface area contributed by atoms with Gasteiger partial charge in [-0.2, -0.15) is 5.26 Å². The van der Waals surface area contributed by atoms with Crippen LogP contribution in [-0.2, 0) is 6.54 Å². The standard InChI is InChI=1S/C17H14N4S/c1-12-15(10-18)17(21-11-13-2-6-19-7-3-13)22-16(12)14-4-8-20-9-5-14/h2-9,21H,11H2,1H3. The molecule has 0 aromatic carbocycles. The van der Waals surface area contributed by atoms with Gasteiger partial charge < -0.3 is 5.32 Å². The first-order valence-electron chi connectivity index (χ1n) is 6.86. The Hall–Kier alpha value is -2.71. The number of hydrogen-bond acceptors (Lipinski definition) is 5. The Bertz CT molecular complexity index is 804. The highest BCUT2D eigenvalue weighted by molar-refractivity contribution is 7.19. The molecule has 4 nitrogen and oxygen atoms in total. The van der Waals surface area contributed by atoms with Crippen LogP contribution >= 0.6 is 11.3 Å². The number of rotatable bonds is 4. The maximum absolute atomic E-state index is 9.45. The second kappa shape index (κ2) is 6.37. The van der Waals surface area contributed by atoms with Gasteiger partial charge in [0.15, 0.2) is 0 Å². The van der Waals surface area contributed by atoms with Crippen LogP contribution < -0.4 is 5.32 Å². The van der Waals surface area contributed by atoms with Crippen LogP contribution in [0, 0.1) is 18.3 Å². The van der Waals surface area contributed by atoms with E-state index < -0.39 is 0 Å². The first-order chi connectivity index (χ1) is 10.8. The van der Waals surface area contributed by atoms with E-state index in [1.54, 1.807) is 36.1 Å². The highest BCUT2D eigenvalue weighted by Crippen LogP contribution is 2.39. The van der Waals surface area contributed by atoms with Gasteiger partial charge >= 0.3 is 0 Å². The summed E-state index contributed by atoms with van der Waals surface area (Å²) < 4.78 is 0. The van der Waals surface area contributed by atoms with Crippen LogP contribution in [0.15, 0.2) is 49.1 Å². The Morgan fingerprint density at radius 2 is 1.73 bits per heavy atom. The molecule has 0 fully saturated rings. The van der Waals surface area contributed by atoms with Crippen molar-refractivity contribution in [3.05, 3.63) is 65.7 Å². The summed E-state index contributed by atoms with van der Waals surface area (Å²) in [5.41, 5.74) is 3.95. The Kier molecular flexibility index (Phi) is 4.12. The van der Waals surface area contributed by atoms with Crippen LogP contribution in [0.3, 0.4) is 0 Å². The predicted octanol–water partition coefficient (Wildman–Crippen LogP) is 4.00. The van der Waals surface area contributed by atoms with Crippen LogP contribution in [0.25, 0.3) is 10.4 Å². The van der Waals surface area contributed by atoms with Crippen molar-refractivity contribution in [2.45, 2.75) is 13.5 Å². The Balaban J connectivity index is 1.90. The van der Waals surface area contributed by atoms with Gasteiger partial charge in [0.05, 0.1) is 5.56 Å². The summed E-state index contributed by atoms with van der Waals surface area (Å²) in [6.07, 6.45) is 7.07. The number of thiophene rings is 1. The Morgan fingerprint density at radius 3 is 2.36 bits per heavy atom. The summed E-state index contributed by atoms with van der Waals surface area (Å²) in [4.78, 5) is 9.16. The van der Waals surface area contributed by atoms with E-state index in [0.717, 1.165) is 26.6 Å². The highest BCUT2D eigenvalue weighted by Gasteiger charge is 2.15. The number of nitrogens with zero attached hydrogens (tertiary/aromatic N) is 3. The summed E-state index contributed by atoms with van der Waals surface area (Å²) in [6, 6.07) is 10.2. The van der Waals surface area contributed by atoms with Gasteiger partial charge in [-0.05, 0) is 47.9 Å². The molecule has 0 amide bonds. The molecule has 0 atom stereocenters. The third-order valence-corrected chi connectivity index (χ3v) is 4.70. The molecule has 22 heavy (non-hydrogen) atoms. The molecule has 0 spiro atoms. The zero-order valence-electron chi connectivity index (χ0n) is 12.1. The van der Waals surface area contributed by atoms with Gasteiger partial charge in [-0.15, -0.1) is 11.3 Å². The molecule has 108 valence electrons. The molecular weight excluding hydrogens is 292 g/mol. The van der Waals surface area contributed by atoms with Gasteiger partial charge in [0.2, 0.25) is 0 Å². The first kappa shape index (κ1) is 14.2. The lowest BCUT2D eigenvalue weighted by Gasteiger charge is -2.04. The van der Waals surface area contributed by atoms with E-state index in [9.17, 15) is 5.26 Å². The van der Waals surface area contributed by atoms with Crippen LogP contribution in [0.5, 0.6) is 0 Å². The molecule has 3 aromatic heterocycles. The SMILES string of the molecule is Cc1c(-c2ccncc2)sc(NCc2ccncc2)c1C#N. The molecular formula is C17H14N4S. The highest BCUT2D eigenvalue weighted by atomic mass is 32.1. The minimum atomic E-state index is 0.674. The lowest BCUT2D eigenvalue weighted by Crippen LogP contribution is -1.99. The van der Waals surface area contributed by atoms with Gasteiger partial charge in [0, 0.05) is 36.2 Å². The van der Waals surface area contributed by atoms with Crippen molar-refractivity contribution in [2.75, 3.05) is 5.32 Å². The summed E-state index contributed by atoms with van der Waals surface area (Å²) >= 11 is 1.61. The van der Waals surface area contributed by atoms with Gasteiger partial charge in [-0.25, -0.2) is 0 Å². The molecule has 0 unspecified atom stereocenters. The van der Waals surface area contributed by atoms with Gasteiger partial charge in [-0.3, -0.25) is 9.97 Å². The molecule has 3 heterocycles. The number of nitriles is 1. The summed E-state index contributed by atoms with van der Waals surface area (Å²) in [7, 11) is 0. The average Bonchev–Trinajstić information content (AvgIpc) is 2.90. The maximum atomic E-state index is 9.45. The molecule has 3 aromatic rings. The number of hydrogen-bond donors (Lipinski definition) is 1. The lowest BCUT2D eigenvalue weighted by atomic mass is 10.1. The van der Waals surface area contributed by atoms with Crippen LogP contribution in [0.4, 0.5) is 5.00 Å². The molecule has 0 aliphatic carbocycles. The minimum Gasteiger partial charge on any atom is -0.372 e. The quantitative estimate of drug-likeness (QED) is 0.791. The number of anilines is 1. The fourth-order valence-corrected chi connectivity index (χ4v) is 3.39. The van der Waals surface area contributed by atoms with Crippen molar-refractivity contribution in [2.24, 2.45) is 0 Å². The van der Waals surface area contributed by atoms with E-state index >= 15 is 0 Å². The molecule has 0 bridgehead atoms. The zero-order chi connectivity index (χ0) is 15.4. The van der Waals surface area contributed by atoms with Crippen LogP contribution in [-0.4, -0.2) is 9.97 Å². The fourth-order valence-electron chi connectivity index (χ4n) is 2.23. The fraction of sp³-hybridized carbons (Fsp3) is 0.118. The van der Waals surface area contributed by atoms with E-state index in [1.165, 1.54) is 0 Å². The van der Waals surface area contributed by atoms with Crippen molar-refractivity contribution in [3.63, 3.8) is 0 Å².